The molecule has 0 bridgehead atoms. The van der Waals surface area contributed by atoms with Crippen LogP contribution in [0, 0.1) is 13.8 Å². The molecule has 1 aliphatic heterocycles. The van der Waals surface area contributed by atoms with Gasteiger partial charge in [-0.05, 0) is 26.0 Å². The quantitative estimate of drug-likeness (QED) is 0.738. The molecule has 0 radical (unpaired) electrons. The molecule has 3 aromatic rings. The summed E-state index contributed by atoms with van der Waals surface area (Å²) in [6, 6.07) is 3.68. The molecule has 7 nitrogen and oxygen atoms in total. The molecule has 4 heterocycles. The van der Waals surface area contributed by atoms with Crippen LogP contribution in [0.2, 0.25) is 0 Å². The van der Waals surface area contributed by atoms with Gasteiger partial charge >= 0.3 is 0 Å². The lowest BCUT2D eigenvalue weighted by atomic mass is 10.3. The van der Waals surface area contributed by atoms with Crippen LogP contribution in [0.15, 0.2) is 27.2 Å². The van der Waals surface area contributed by atoms with Crippen molar-refractivity contribution in [1.82, 2.24) is 24.6 Å². The molecule has 0 aliphatic carbocycles. The summed E-state index contributed by atoms with van der Waals surface area (Å²) in [5.41, 5.74) is 0.941. The largest absolute Gasteiger partial charge is 0.459 e. The van der Waals surface area contributed by atoms with Gasteiger partial charge in [0.15, 0.2) is 5.76 Å². The average molecular weight is 299 g/mol. The molecule has 7 heteroatoms. The van der Waals surface area contributed by atoms with Crippen LogP contribution in [0.4, 0.5) is 0 Å². The lowest BCUT2D eigenvalue weighted by molar-refractivity contribution is 0.205. The number of hydrogen-bond acceptors (Lipinski definition) is 6. The Morgan fingerprint density at radius 2 is 2.14 bits per heavy atom. The van der Waals surface area contributed by atoms with E-state index in [-0.39, 0.29) is 0 Å². The Morgan fingerprint density at radius 3 is 2.95 bits per heavy atom. The molecular weight excluding hydrogens is 282 g/mol. The first-order chi connectivity index (χ1) is 10.7. The molecule has 3 aromatic heterocycles. The van der Waals surface area contributed by atoms with Crippen LogP contribution < -0.4 is 0 Å². The third kappa shape index (κ3) is 2.23. The highest BCUT2D eigenvalue weighted by atomic mass is 16.4. The van der Waals surface area contributed by atoms with Gasteiger partial charge in [-0.25, -0.2) is 4.98 Å². The summed E-state index contributed by atoms with van der Waals surface area (Å²) >= 11 is 0. The van der Waals surface area contributed by atoms with E-state index in [9.17, 15) is 0 Å². The van der Waals surface area contributed by atoms with E-state index in [1.54, 1.807) is 6.26 Å². The van der Waals surface area contributed by atoms with Gasteiger partial charge in [0, 0.05) is 19.6 Å². The summed E-state index contributed by atoms with van der Waals surface area (Å²) in [4.78, 5) is 6.87. The van der Waals surface area contributed by atoms with Crippen molar-refractivity contribution < 1.29 is 8.83 Å². The Kier molecular flexibility index (Phi) is 3.07. The van der Waals surface area contributed by atoms with E-state index in [1.807, 2.05) is 26.0 Å². The topological polar surface area (TPSA) is 73.1 Å². The van der Waals surface area contributed by atoms with Crippen LogP contribution in [0.5, 0.6) is 0 Å². The Labute approximate surface area is 127 Å². The number of furan rings is 1. The molecule has 0 saturated heterocycles. The maximum Gasteiger partial charge on any atom is 0.263 e. The summed E-state index contributed by atoms with van der Waals surface area (Å²) < 4.78 is 13.2. The highest BCUT2D eigenvalue weighted by Gasteiger charge is 2.22. The lowest BCUT2D eigenvalue weighted by Gasteiger charge is -2.26. The number of nitrogens with zero attached hydrogens (tertiary/aromatic N) is 5. The van der Waals surface area contributed by atoms with E-state index in [0.717, 1.165) is 49.3 Å². The van der Waals surface area contributed by atoms with Gasteiger partial charge in [0.05, 0.1) is 18.5 Å². The summed E-state index contributed by atoms with van der Waals surface area (Å²) in [5, 5.41) is 8.36. The maximum atomic E-state index is 5.71. The van der Waals surface area contributed by atoms with E-state index in [1.165, 1.54) is 0 Å². The second kappa shape index (κ2) is 5.10. The fraction of sp³-hybridized carbons (Fsp3) is 0.400. The van der Waals surface area contributed by atoms with Crippen LogP contribution >= 0.6 is 0 Å². The molecule has 0 unspecified atom stereocenters. The lowest BCUT2D eigenvalue weighted by Crippen LogP contribution is -2.34. The van der Waals surface area contributed by atoms with Crippen molar-refractivity contribution in [3.8, 4) is 11.7 Å². The van der Waals surface area contributed by atoms with Crippen LogP contribution in [0.3, 0.4) is 0 Å². The third-order valence-electron chi connectivity index (χ3n) is 4.02. The van der Waals surface area contributed by atoms with E-state index < -0.39 is 0 Å². The minimum absolute atomic E-state index is 0.536. The van der Waals surface area contributed by atoms with Gasteiger partial charge in [0.25, 0.3) is 5.89 Å². The van der Waals surface area contributed by atoms with Gasteiger partial charge in [0.1, 0.15) is 17.4 Å². The Hall–Kier alpha value is -2.41. The first-order valence-electron chi connectivity index (χ1n) is 7.32. The number of fused-ring (bicyclic) bond motifs is 1. The highest BCUT2D eigenvalue weighted by molar-refractivity contribution is 5.44. The van der Waals surface area contributed by atoms with Gasteiger partial charge in [-0.15, -0.1) is 10.2 Å². The van der Waals surface area contributed by atoms with E-state index in [2.05, 4.69) is 24.6 Å². The van der Waals surface area contributed by atoms with Gasteiger partial charge in [-0.2, -0.15) is 0 Å². The minimum atomic E-state index is 0.536. The Bertz CT molecular complexity index is 787. The predicted octanol–water partition coefficient (Wildman–Crippen LogP) is 2.16. The number of hydrogen-bond donors (Lipinski definition) is 0. The number of oxazole rings is 1. The summed E-state index contributed by atoms with van der Waals surface area (Å²) in [7, 11) is 0. The zero-order chi connectivity index (χ0) is 15.1. The standard InChI is InChI=1S/C15H17N5O2/c1-10-12(16-15(22-10)13-4-3-7-21-13)8-19-5-6-20-11(2)17-18-14(20)9-19/h3-4,7H,5-6,8-9H2,1-2H3. The predicted molar refractivity (Wildman–Crippen MR) is 77.8 cm³/mol. The molecule has 0 spiro atoms. The van der Waals surface area contributed by atoms with Crippen molar-refractivity contribution in [3.63, 3.8) is 0 Å². The zero-order valence-corrected chi connectivity index (χ0v) is 12.6. The second-order valence-electron chi connectivity index (χ2n) is 5.52. The molecule has 0 atom stereocenters. The Morgan fingerprint density at radius 1 is 1.23 bits per heavy atom. The van der Waals surface area contributed by atoms with Crippen LogP contribution in [-0.4, -0.2) is 31.2 Å². The van der Waals surface area contributed by atoms with Gasteiger partial charge in [-0.1, -0.05) is 0 Å². The van der Waals surface area contributed by atoms with Crippen LogP contribution in [-0.2, 0) is 19.6 Å². The van der Waals surface area contributed by atoms with Gasteiger partial charge < -0.3 is 13.4 Å². The maximum absolute atomic E-state index is 5.71. The SMILES string of the molecule is Cc1oc(-c2ccco2)nc1CN1CCn2c(C)nnc2C1. The van der Waals surface area contributed by atoms with Crippen LogP contribution in [0.1, 0.15) is 23.1 Å². The van der Waals surface area contributed by atoms with E-state index in [4.69, 9.17) is 8.83 Å². The highest BCUT2D eigenvalue weighted by Crippen LogP contribution is 2.23. The third-order valence-corrected chi connectivity index (χ3v) is 4.02. The summed E-state index contributed by atoms with van der Waals surface area (Å²) in [5.74, 6) is 4.01. The number of aromatic nitrogens is 4. The minimum Gasteiger partial charge on any atom is -0.459 e. The van der Waals surface area contributed by atoms with Crippen molar-refractivity contribution in [1.29, 1.82) is 0 Å². The Balaban J connectivity index is 1.53. The van der Waals surface area contributed by atoms with Crippen molar-refractivity contribution in [2.45, 2.75) is 33.5 Å². The molecule has 0 saturated carbocycles. The zero-order valence-electron chi connectivity index (χ0n) is 12.6. The smallest absolute Gasteiger partial charge is 0.263 e. The second-order valence-corrected chi connectivity index (χ2v) is 5.52. The van der Waals surface area contributed by atoms with Crippen molar-refractivity contribution in [3.05, 3.63) is 41.5 Å². The fourth-order valence-electron chi connectivity index (χ4n) is 2.78. The average Bonchev–Trinajstić information content (AvgIpc) is 3.22. The first-order valence-corrected chi connectivity index (χ1v) is 7.32. The van der Waals surface area contributed by atoms with Gasteiger partial charge in [0.2, 0.25) is 0 Å². The number of rotatable bonds is 3. The van der Waals surface area contributed by atoms with Crippen molar-refractivity contribution >= 4 is 0 Å². The van der Waals surface area contributed by atoms with Crippen molar-refractivity contribution in [2.75, 3.05) is 6.54 Å². The molecule has 4 rings (SSSR count). The van der Waals surface area contributed by atoms with Crippen molar-refractivity contribution in [2.24, 2.45) is 0 Å². The van der Waals surface area contributed by atoms with E-state index >= 15 is 0 Å². The fourth-order valence-corrected chi connectivity index (χ4v) is 2.78. The molecule has 22 heavy (non-hydrogen) atoms. The monoisotopic (exact) mass is 299 g/mol. The molecule has 0 amide bonds. The molecule has 0 N–H and O–H groups in total. The normalized spacial score (nSPS) is 15.2. The van der Waals surface area contributed by atoms with Crippen LogP contribution in [0.25, 0.3) is 11.7 Å². The summed E-state index contributed by atoms with van der Waals surface area (Å²) in [6.45, 7) is 7.31. The van der Waals surface area contributed by atoms with Gasteiger partial charge in [-0.3, -0.25) is 4.90 Å². The molecule has 0 aromatic carbocycles. The first kappa shape index (κ1) is 13.3. The molecule has 114 valence electrons. The number of aryl methyl sites for hydroxylation is 2. The molecule has 0 fully saturated rings. The molecule has 1 aliphatic rings. The summed E-state index contributed by atoms with van der Waals surface area (Å²) in [6.07, 6.45) is 1.62. The van der Waals surface area contributed by atoms with E-state index in [0.29, 0.717) is 11.7 Å². The molecular formula is C15H17N5O2.